The summed E-state index contributed by atoms with van der Waals surface area (Å²) in [6, 6.07) is 15.6. The topological polar surface area (TPSA) is 52.7 Å². The number of nitrogens with zero attached hydrogens (tertiary/aromatic N) is 2. The maximum absolute atomic E-state index is 12.7. The highest BCUT2D eigenvalue weighted by Gasteiger charge is 2.24. The lowest BCUT2D eigenvalue weighted by Gasteiger charge is -2.34. The number of urea groups is 1. The lowest BCUT2D eigenvalue weighted by atomic mass is 10.1. The minimum Gasteiger partial charge on any atom is -0.335 e. The van der Waals surface area contributed by atoms with E-state index in [-0.39, 0.29) is 11.9 Å². The Morgan fingerprint density at radius 3 is 2.19 bits per heavy atom. The molecule has 3 amide bonds. The van der Waals surface area contributed by atoms with Crippen molar-refractivity contribution < 1.29 is 9.59 Å². The molecule has 0 unspecified atom stereocenters. The molecule has 0 atom stereocenters. The van der Waals surface area contributed by atoms with E-state index in [0.29, 0.717) is 32.7 Å². The van der Waals surface area contributed by atoms with Gasteiger partial charge in [-0.1, -0.05) is 36.4 Å². The van der Waals surface area contributed by atoms with Gasteiger partial charge in [-0.2, -0.15) is 0 Å². The van der Waals surface area contributed by atoms with Gasteiger partial charge in [0.15, 0.2) is 0 Å². The Bertz CT molecular complexity index is 781. The van der Waals surface area contributed by atoms with Crippen LogP contribution >= 0.6 is 0 Å². The van der Waals surface area contributed by atoms with E-state index in [9.17, 15) is 9.59 Å². The first kappa shape index (κ1) is 18.0. The Labute approximate surface area is 154 Å². The first-order chi connectivity index (χ1) is 12.5. The van der Waals surface area contributed by atoms with Gasteiger partial charge in [0.05, 0.1) is 0 Å². The number of aryl methyl sites for hydroxylation is 2. The normalized spacial score (nSPS) is 14.2. The molecular weight excluding hydrogens is 326 g/mol. The van der Waals surface area contributed by atoms with Crippen LogP contribution in [0.2, 0.25) is 0 Å². The zero-order chi connectivity index (χ0) is 18.5. The van der Waals surface area contributed by atoms with Gasteiger partial charge < -0.3 is 15.1 Å². The lowest BCUT2D eigenvalue weighted by Crippen LogP contribution is -2.53. The number of hydrogen-bond donors (Lipinski definition) is 1. The first-order valence-electron chi connectivity index (χ1n) is 8.98. The highest BCUT2D eigenvalue weighted by molar-refractivity contribution is 5.94. The van der Waals surface area contributed by atoms with E-state index < -0.39 is 0 Å². The molecule has 2 aromatic rings. The second-order valence-electron chi connectivity index (χ2n) is 6.72. The summed E-state index contributed by atoms with van der Waals surface area (Å²) in [4.78, 5) is 28.6. The van der Waals surface area contributed by atoms with Crippen LogP contribution in [0.3, 0.4) is 0 Å². The average Bonchev–Trinajstić information content (AvgIpc) is 2.68. The van der Waals surface area contributed by atoms with Crippen LogP contribution in [-0.2, 0) is 6.54 Å². The number of nitrogens with one attached hydrogen (secondary N) is 1. The van der Waals surface area contributed by atoms with Crippen LogP contribution in [0, 0.1) is 13.8 Å². The standard InChI is InChI=1S/C21H25N3O2/c1-16-8-9-19(14-17(16)2)20(25)23-10-12-24(13-11-23)21(26)22-15-18-6-4-3-5-7-18/h3-9,14H,10-13,15H2,1-2H3,(H,22,26). The smallest absolute Gasteiger partial charge is 0.317 e. The van der Waals surface area contributed by atoms with Gasteiger partial charge in [0.1, 0.15) is 0 Å². The van der Waals surface area contributed by atoms with E-state index in [1.165, 1.54) is 5.56 Å². The number of amides is 3. The largest absolute Gasteiger partial charge is 0.335 e. The third kappa shape index (κ3) is 4.23. The molecule has 1 aliphatic rings. The van der Waals surface area contributed by atoms with Crippen LogP contribution < -0.4 is 5.32 Å². The van der Waals surface area contributed by atoms with Gasteiger partial charge in [0.25, 0.3) is 5.91 Å². The summed E-state index contributed by atoms with van der Waals surface area (Å²) in [5.74, 6) is 0.0393. The number of rotatable bonds is 3. The fourth-order valence-electron chi connectivity index (χ4n) is 3.05. The molecular formula is C21H25N3O2. The lowest BCUT2D eigenvalue weighted by molar-refractivity contribution is 0.0665. The zero-order valence-corrected chi connectivity index (χ0v) is 15.4. The van der Waals surface area contributed by atoms with E-state index in [1.54, 1.807) is 4.90 Å². The Hall–Kier alpha value is -2.82. The molecule has 1 N–H and O–H groups in total. The van der Waals surface area contributed by atoms with Crippen molar-refractivity contribution in [3.8, 4) is 0 Å². The van der Waals surface area contributed by atoms with Crippen molar-refractivity contribution in [1.29, 1.82) is 0 Å². The number of benzene rings is 2. The molecule has 5 heteroatoms. The van der Waals surface area contributed by atoms with Crippen LogP contribution in [0.15, 0.2) is 48.5 Å². The molecule has 0 aliphatic carbocycles. The molecule has 0 aromatic heterocycles. The van der Waals surface area contributed by atoms with Crippen molar-refractivity contribution in [2.24, 2.45) is 0 Å². The molecule has 5 nitrogen and oxygen atoms in total. The summed E-state index contributed by atoms with van der Waals surface area (Å²) in [6.07, 6.45) is 0. The number of piperazine rings is 1. The first-order valence-corrected chi connectivity index (χ1v) is 8.98. The Balaban J connectivity index is 1.51. The third-order valence-corrected chi connectivity index (χ3v) is 4.89. The van der Waals surface area contributed by atoms with Gasteiger partial charge in [-0.05, 0) is 42.7 Å². The molecule has 2 aromatic carbocycles. The highest BCUT2D eigenvalue weighted by atomic mass is 16.2. The molecule has 1 heterocycles. The Morgan fingerprint density at radius 2 is 1.54 bits per heavy atom. The maximum atomic E-state index is 12.7. The van der Waals surface area contributed by atoms with E-state index in [0.717, 1.165) is 16.7 Å². The maximum Gasteiger partial charge on any atom is 0.317 e. The molecule has 0 bridgehead atoms. The molecule has 136 valence electrons. The van der Waals surface area contributed by atoms with Gasteiger partial charge in [-0.3, -0.25) is 4.79 Å². The van der Waals surface area contributed by atoms with Crippen LogP contribution in [0.4, 0.5) is 4.79 Å². The molecule has 0 saturated carbocycles. The van der Waals surface area contributed by atoms with E-state index in [2.05, 4.69) is 5.32 Å². The third-order valence-electron chi connectivity index (χ3n) is 4.89. The summed E-state index contributed by atoms with van der Waals surface area (Å²) in [5.41, 5.74) is 4.09. The SMILES string of the molecule is Cc1ccc(C(=O)N2CCN(C(=O)NCc3ccccc3)CC2)cc1C. The molecule has 1 aliphatic heterocycles. The predicted molar refractivity (Wildman–Crippen MR) is 102 cm³/mol. The second kappa shape index (κ2) is 8.04. The van der Waals surface area contributed by atoms with Gasteiger partial charge in [0.2, 0.25) is 0 Å². The molecule has 3 rings (SSSR count). The summed E-state index contributed by atoms with van der Waals surface area (Å²) < 4.78 is 0. The molecule has 0 spiro atoms. The van der Waals surface area contributed by atoms with Crippen molar-refractivity contribution in [3.05, 3.63) is 70.8 Å². The quantitative estimate of drug-likeness (QED) is 0.924. The summed E-state index contributed by atoms with van der Waals surface area (Å²) in [5, 5.41) is 2.94. The highest BCUT2D eigenvalue weighted by Crippen LogP contribution is 2.14. The summed E-state index contributed by atoms with van der Waals surface area (Å²) >= 11 is 0. The average molecular weight is 351 g/mol. The van der Waals surface area contributed by atoms with Crippen LogP contribution in [0.5, 0.6) is 0 Å². The minimum atomic E-state index is -0.0767. The van der Waals surface area contributed by atoms with Gasteiger partial charge in [0, 0.05) is 38.3 Å². The molecule has 26 heavy (non-hydrogen) atoms. The second-order valence-corrected chi connectivity index (χ2v) is 6.72. The van der Waals surface area contributed by atoms with E-state index >= 15 is 0 Å². The Kier molecular flexibility index (Phi) is 5.56. The van der Waals surface area contributed by atoms with Gasteiger partial charge >= 0.3 is 6.03 Å². The van der Waals surface area contributed by atoms with Crippen LogP contribution in [0.25, 0.3) is 0 Å². The molecule has 1 fully saturated rings. The summed E-state index contributed by atoms with van der Waals surface area (Å²) in [7, 11) is 0. The van der Waals surface area contributed by atoms with E-state index in [1.807, 2.05) is 67.3 Å². The van der Waals surface area contributed by atoms with Crippen molar-refractivity contribution in [2.75, 3.05) is 26.2 Å². The van der Waals surface area contributed by atoms with Crippen molar-refractivity contribution in [2.45, 2.75) is 20.4 Å². The Morgan fingerprint density at radius 1 is 0.885 bits per heavy atom. The van der Waals surface area contributed by atoms with Crippen LogP contribution in [-0.4, -0.2) is 47.9 Å². The zero-order valence-electron chi connectivity index (χ0n) is 15.4. The fraction of sp³-hybridized carbons (Fsp3) is 0.333. The van der Waals surface area contributed by atoms with Gasteiger partial charge in [-0.25, -0.2) is 4.79 Å². The fourth-order valence-corrected chi connectivity index (χ4v) is 3.05. The van der Waals surface area contributed by atoms with Gasteiger partial charge in [-0.15, -0.1) is 0 Å². The molecule has 0 radical (unpaired) electrons. The number of hydrogen-bond acceptors (Lipinski definition) is 2. The summed E-state index contributed by atoms with van der Waals surface area (Å²) in [6.45, 7) is 6.79. The van der Waals surface area contributed by atoms with Crippen molar-refractivity contribution in [1.82, 2.24) is 15.1 Å². The minimum absolute atomic E-state index is 0.0393. The monoisotopic (exact) mass is 351 g/mol. The van der Waals surface area contributed by atoms with Crippen LogP contribution in [0.1, 0.15) is 27.0 Å². The predicted octanol–water partition coefficient (Wildman–Crippen LogP) is 2.97. The number of carbonyl (C=O) groups is 2. The van der Waals surface area contributed by atoms with Crippen molar-refractivity contribution in [3.63, 3.8) is 0 Å². The van der Waals surface area contributed by atoms with E-state index in [4.69, 9.17) is 0 Å². The molecule has 1 saturated heterocycles. The number of carbonyl (C=O) groups excluding carboxylic acids is 2. The van der Waals surface area contributed by atoms with Crippen molar-refractivity contribution >= 4 is 11.9 Å².